The van der Waals surface area contributed by atoms with Gasteiger partial charge in [0.2, 0.25) is 0 Å². The number of aromatic nitrogens is 3. The van der Waals surface area contributed by atoms with E-state index in [9.17, 15) is 4.79 Å². The quantitative estimate of drug-likeness (QED) is 0.422. The Morgan fingerprint density at radius 2 is 2.08 bits per heavy atom. The minimum absolute atomic E-state index is 0.0923. The molecule has 2 fully saturated rings. The van der Waals surface area contributed by atoms with Gasteiger partial charge in [-0.15, -0.1) is 0 Å². The number of halogens is 1. The summed E-state index contributed by atoms with van der Waals surface area (Å²) in [7, 11) is 3.55. The lowest BCUT2D eigenvalue weighted by molar-refractivity contribution is 0.0510. The lowest BCUT2D eigenvalue weighted by Crippen LogP contribution is -2.51. The van der Waals surface area contributed by atoms with Gasteiger partial charge in [-0.2, -0.15) is 0 Å². The van der Waals surface area contributed by atoms with Crippen molar-refractivity contribution in [1.29, 1.82) is 0 Å². The number of morpholine rings is 1. The largest absolute Gasteiger partial charge is 0.495 e. The molecule has 1 atom stereocenters. The summed E-state index contributed by atoms with van der Waals surface area (Å²) in [5.41, 5.74) is 3.82. The molecule has 8 nitrogen and oxygen atoms in total. The van der Waals surface area contributed by atoms with Gasteiger partial charge in [0.1, 0.15) is 11.3 Å². The maximum absolute atomic E-state index is 16.1. The Hall–Kier alpha value is -3.43. The predicted octanol–water partition coefficient (Wildman–Crippen LogP) is 3.74. The van der Waals surface area contributed by atoms with Crippen molar-refractivity contribution in [2.75, 3.05) is 40.0 Å². The van der Waals surface area contributed by atoms with Gasteiger partial charge in [-0.1, -0.05) is 12.1 Å². The molecule has 0 radical (unpaired) electrons. The molecule has 9 heteroatoms. The van der Waals surface area contributed by atoms with Gasteiger partial charge in [0.05, 0.1) is 37.1 Å². The van der Waals surface area contributed by atoms with Crippen molar-refractivity contribution >= 4 is 27.8 Å². The first-order valence-corrected chi connectivity index (χ1v) is 13.5. The number of ether oxygens (including phenoxy) is 2. The topological polar surface area (TPSA) is 73.6 Å². The molecule has 2 aromatic heterocycles. The van der Waals surface area contributed by atoms with Crippen LogP contribution in [0.5, 0.6) is 5.75 Å². The van der Waals surface area contributed by atoms with Crippen LogP contribution >= 0.6 is 0 Å². The highest BCUT2D eigenvalue weighted by molar-refractivity contribution is 6.01. The fourth-order valence-electron chi connectivity index (χ4n) is 6.11. The molecule has 1 amide bonds. The lowest BCUT2D eigenvalue weighted by atomic mass is 9.97. The van der Waals surface area contributed by atoms with E-state index in [1.165, 1.54) is 12.8 Å². The predicted molar refractivity (Wildman–Crippen MR) is 143 cm³/mol. The number of rotatable bonds is 6. The van der Waals surface area contributed by atoms with E-state index >= 15 is 4.39 Å². The molecular weight excluding hydrogens is 485 g/mol. The number of methoxy groups -OCH3 is 1. The first-order valence-electron chi connectivity index (χ1n) is 13.5. The van der Waals surface area contributed by atoms with Crippen LogP contribution in [0, 0.1) is 11.7 Å². The van der Waals surface area contributed by atoms with Gasteiger partial charge < -0.3 is 28.8 Å². The third-order valence-corrected chi connectivity index (χ3v) is 8.26. The summed E-state index contributed by atoms with van der Waals surface area (Å²) in [4.78, 5) is 20.2. The number of fused-ring (bicyclic) bond motifs is 3. The summed E-state index contributed by atoms with van der Waals surface area (Å²) in [6.45, 7) is 3.95. The summed E-state index contributed by atoms with van der Waals surface area (Å²) in [5.74, 6) is 1.65. The lowest BCUT2D eigenvalue weighted by Gasteiger charge is -2.33. The van der Waals surface area contributed by atoms with Gasteiger partial charge >= 0.3 is 0 Å². The van der Waals surface area contributed by atoms with Crippen molar-refractivity contribution in [1.82, 2.24) is 24.3 Å². The van der Waals surface area contributed by atoms with Crippen molar-refractivity contribution in [3.05, 3.63) is 47.3 Å². The van der Waals surface area contributed by atoms with Gasteiger partial charge in [-0.25, -0.2) is 9.37 Å². The van der Waals surface area contributed by atoms with Gasteiger partial charge in [0.25, 0.3) is 5.91 Å². The number of benzene rings is 2. The van der Waals surface area contributed by atoms with Crippen LogP contribution in [0.15, 0.2) is 30.3 Å². The van der Waals surface area contributed by atoms with Crippen molar-refractivity contribution < 1.29 is 18.7 Å². The summed E-state index contributed by atoms with van der Waals surface area (Å²) >= 11 is 0. The van der Waals surface area contributed by atoms with Gasteiger partial charge in [-0.3, -0.25) is 4.79 Å². The highest BCUT2D eigenvalue weighted by atomic mass is 19.1. The van der Waals surface area contributed by atoms with E-state index in [-0.39, 0.29) is 17.8 Å². The van der Waals surface area contributed by atoms with Crippen molar-refractivity contribution in [2.45, 2.75) is 31.8 Å². The Labute approximate surface area is 220 Å². The molecule has 38 heavy (non-hydrogen) atoms. The summed E-state index contributed by atoms with van der Waals surface area (Å²) in [5, 5.41) is 4.47. The van der Waals surface area contributed by atoms with Crippen LogP contribution in [0.25, 0.3) is 33.5 Å². The Balaban J connectivity index is 1.32. The summed E-state index contributed by atoms with van der Waals surface area (Å²) in [6.07, 6.45) is 2.90. The second-order valence-corrected chi connectivity index (χ2v) is 10.8. The zero-order chi connectivity index (χ0) is 26.0. The maximum Gasteiger partial charge on any atom is 0.254 e. The molecule has 1 saturated carbocycles. The molecule has 0 spiro atoms. The van der Waals surface area contributed by atoms with Crippen LogP contribution in [0.4, 0.5) is 4.39 Å². The Morgan fingerprint density at radius 3 is 2.84 bits per heavy atom. The molecular formula is C29H32FN5O3. The number of aryl methyl sites for hydroxylation is 1. The van der Waals surface area contributed by atoms with Crippen LogP contribution in [0.3, 0.4) is 0 Å². The van der Waals surface area contributed by atoms with E-state index in [1.54, 1.807) is 13.2 Å². The molecule has 7 rings (SSSR count). The van der Waals surface area contributed by atoms with E-state index in [0.29, 0.717) is 66.6 Å². The number of imidazole rings is 1. The molecule has 2 aromatic carbocycles. The molecule has 4 heterocycles. The first kappa shape index (κ1) is 23.7. The zero-order valence-electron chi connectivity index (χ0n) is 21.8. The number of hydrogen-bond acceptors (Lipinski definition) is 5. The van der Waals surface area contributed by atoms with Crippen LogP contribution in [-0.4, -0.2) is 70.9 Å². The van der Waals surface area contributed by atoms with Crippen molar-refractivity contribution in [2.24, 2.45) is 13.0 Å². The van der Waals surface area contributed by atoms with E-state index in [1.807, 2.05) is 28.6 Å². The maximum atomic E-state index is 16.1. The van der Waals surface area contributed by atoms with Crippen LogP contribution in [0.2, 0.25) is 0 Å². The first-order chi connectivity index (χ1) is 18.5. The smallest absolute Gasteiger partial charge is 0.254 e. The standard InChI is InChI=1S/C29H32FN5O3/c1-33-27-22(13-21-20(25(27)30)8-10-34(29(21)36)15-19-16-38-11-9-31-19)32-28(33)23-12-18-4-3-5-24(37-2)26(18)35(23)14-17-6-7-17/h3-5,12-13,17,19,31H,6-11,14-16H2,1-2H3/t19-/m0/s1. The second-order valence-electron chi connectivity index (χ2n) is 10.8. The highest BCUT2D eigenvalue weighted by Crippen LogP contribution is 2.40. The summed E-state index contributed by atoms with van der Waals surface area (Å²) in [6, 6.07) is 10.0. The normalized spacial score (nSPS) is 19.9. The number of para-hydroxylation sites is 1. The van der Waals surface area contributed by atoms with E-state index in [2.05, 4.69) is 22.0 Å². The highest BCUT2D eigenvalue weighted by Gasteiger charge is 2.32. The molecule has 3 aliphatic rings. The molecule has 2 aliphatic heterocycles. The fraction of sp³-hybridized carbons (Fsp3) is 0.448. The molecule has 1 N–H and O–H groups in total. The van der Waals surface area contributed by atoms with Gasteiger partial charge in [0, 0.05) is 55.8 Å². The second kappa shape index (κ2) is 9.10. The minimum atomic E-state index is -0.340. The Bertz CT molecular complexity index is 1560. The number of amides is 1. The van der Waals surface area contributed by atoms with E-state index < -0.39 is 0 Å². The SMILES string of the molecule is COc1cccc2cc(-c3nc4cc5c(c(F)c4n3C)CCN(C[C@H]3COCCN3)C5=O)n(CC3CC3)c12. The van der Waals surface area contributed by atoms with Crippen LogP contribution in [-0.2, 0) is 24.8 Å². The van der Waals surface area contributed by atoms with Gasteiger partial charge in [0.15, 0.2) is 11.6 Å². The monoisotopic (exact) mass is 517 g/mol. The Kier molecular flexibility index (Phi) is 5.67. The average Bonchev–Trinajstić information content (AvgIpc) is 3.59. The number of carbonyl (C=O) groups excluding carboxylic acids is 1. The average molecular weight is 518 g/mol. The van der Waals surface area contributed by atoms with E-state index in [4.69, 9.17) is 14.5 Å². The van der Waals surface area contributed by atoms with Crippen LogP contribution < -0.4 is 10.1 Å². The zero-order valence-corrected chi connectivity index (χ0v) is 21.8. The number of hydrogen-bond donors (Lipinski definition) is 1. The third-order valence-electron chi connectivity index (χ3n) is 8.26. The molecule has 0 unspecified atom stereocenters. The molecule has 0 bridgehead atoms. The van der Waals surface area contributed by atoms with Crippen molar-refractivity contribution in [3.63, 3.8) is 0 Å². The molecule has 4 aromatic rings. The van der Waals surface area contributed by atoms with Crippen molar-refractivity contribution in [3.8, 4) is 17.3 Å². The summed E-state index contributed by atoms with van der Waals surface area (Å²) < 4.78 is 31.4. The number of nitrogens with zero attached hydrogens (tertiary/aromatic N) is 4. The Morgan fingerprint density at radius 1 is 1.21 bits per heavy atom. The minimum Gasteiger partial charge on any atom is -0.495 e. The fourth-order valence-corrected chi connectivity index (χ4v) is 6.11. The van der Waals surface area contributed by atoms with Gasteiger partial charge in [-0.05, 0) is 43.4 Å². The molecule has 1 saturated heterocycles. The third kappa shape index (κ3) is 3.79. The van der Waals surface area contributed by atoms with E-state index in [0.717, 1.165) is 35.4 Å². The molecule has 1 aliphatic carbocycles. The molecule has 198 valence electrons. The number of carbonyl (C=O) groups is 1. The number of nitrogens with one attached hydrogen (secondary N) is 1. The van der Waals surface area contributed by atoms with Crippen LogP contribution in [0.1, 0.15) is 28.8 Å².